The number of phenols is 1. The standard InChI is InChI=1S/C15H12N2O4/c1-20-13-14(19)16-8-17-15(13)21-12-5-3-9-2-4-11(18)6-10(9)7-12/h2-8,18H,1H3,(H,16,17,19). The van der Waals surface area contributed by atoms with Gasteiger partial charge in [0, 0.05) is 0 Å². The van der Waals surface area contributed by atoms with E-state index in [9.17, 15) is 9.90 Å². The summed E-state index contributed by atoms with van der Waals surface area (Å²) in [5, 5.41) is 11.3. The van der Waals surface area contributed by atoms with Crippen LogP contribution in [-0.4, -0.2) is 22.2 Å². The van der Waals surface area contributed by atoms with Gasteiger partial charge in [0.05, 0.1) is 13.4 Å². The molecule has 6 nitrogen and oxygen atoms in total. The van der Waals surface area contributed by atoms with Gasteiger partial charge in [0.15, 0.2) is 0 Å². The number of nitrogens with one attached hydrogen (secondary N) is 1. The Morgan fingerprint density at radius 2 is 1.95 bits per heavy atom. The lowest BCUT2D eigenvalue weighted by Gasteiger charge is -2.08. The molecule has 3 rings (SSSR count). The molecular weight excluding hydrogens is 272 g/mol. The summed E-state index contributed by atoms with van der Waals surface area (Å²) < 4.78 is 10.6. The summed E-state index contributed by atoms with van der Waals surface area (Å²) in [7, 11) is 1.37. The molecule has 0 saturated heterocycles. The van der Waals surface area contributed by atoms with Crippen molar-refractivity contribution in [2.75, 3.05) is 7.11 Å². The number of aromatic nitrogens is 2. The van der Waals surface area contributed by atoms with Gasteiger partial charge in [-0.3, -0.25) is 4.79 Å². The van der Waals surface area contributed by atoms with Crippen LogP contribution in [0.15, 0.2) is 47.5 Å². The average molecular weight is 284 g/mol. The minimum atomic E-state index is -0.416. The Bertz CT molecular complexity index is 858. The third-order valence-electron chi connectivity index (χ3n) is 2.99. The Morgan fingerprint density at radius 3 is 2.76 bits per heavy atom. The smallest absolute Gasteiger partial charge is 0.297 e. The quantitative estimate of drug-likeness (QED) is 0.771. The van der Waals surface area contributed by atoms with Gasteiger partial charge >= 0.3 is 0 Å². The molecule has 1 aromatic heterocycles. The molecule has 0 bridgehead atoms. The lowest BCUT2D eigenvalue weighted by atomic mass is 10.1. The van der Waals surface area contributed by atoms with Crippen molar-refractivity contribution in [2.24, 2.45) is 0 Å². The summed E-state index contributed by atoms with van der Waals surface area (Å²) in [5.41, 5.74) is -0.416. The van der Waals surface area contributed by atoms with E-state index in [0.29, 0.717) is 5.75 Å². The average Bonchev–Trinajstić information content (AvgIpc) is 2.47. The molecule has 0 aliphatic rings. The van der Waals surface area contributed by atoms with Gasteiger partial charge in [0.2, 0.25) is 5.75 Å². The van der Waals surface area contributed by atoms with E-state index in [1.54, 1.807) is 30.3 Å². The monoisotopic (exact) mass is 284 g/mol. The highest BCUT2D eigenvalue weighted by molar-refractivity contribution is 5.85. The molecule has 0 saturated carbocycles. The molecule has 0 amide bonds. The van der Waals surface area contributed by atoms with Crippen LogP contribution in [0.1, 0.15) is 0 Å². The number of rotatable bonds is 3. The molecule has 0 fully saturated rings. The highest BCUT2D eigenvalue weighted by Gasteiger charge is 2.11. The number of H-pyrrole nitrogens is 1. The van der Waals surface area contributed by atoms with Crippen molar-refractivity contribution in [3.05, 3.63) is 53.1 Å². The van der Waals surface area contributed by atoms with Crippen LogP contribution >= 0.6 is 0 Å². The summed E-state index contributed by atoms with van der Waals surface area (Å²) in [4.78, 5) is 17.9. The number of aromatic hydroxyl groups is 1. The van der Waals surface area contributed by atoms with E-state index in [0.717, 1.165) is 10.8 Å². The predicted octanol–water partition coefficient (Wildman–Crippen LogP) is 2.43. The fourth-order valence-electron chi connectivity index (χ4n) is 2.01. The molecule has 1 heterocycles. The first-order valence-corrected chi connectivity index (χ1v) is 6.19. The fraction of sp³-hybridized carbons (Fsp3) is 0.0667. The maximum absolute atomic E-state index is 11.6. The molecule has 2 aromatic carbocycles. The molecule has 6 heteroatoms. The number of ether oxygens (including phenoxy) is 2. The first kappa shape index (κ1) is 13.0. The Balaban J connectivity index is 2.02. The summed E-state index contributed by atoms with van der Waals surface area (Å²) in [5.74, 6) is 0.755. The predicted molar refractivity (Wildman–Crippen MR) is 77.1 cm³/mol. The summed E-state index contributed by atoms with van der Waals surface area (Å²) >= 11 is 0. The molecule has 106 valence electrons. The summed E-state index contributed by atoms with van der Waals surface area (Å²) in [6.07, 6.45) is 1.24. The second kappa shape index (κ2) is 5.16. The van der Waals surface area contributed by atoms with Crippen molar-refractivity contribution in [3.63, 3.8) is 0 Å². The van der Waals surface area contributed by atoms with Crippen molar-refractivity contribution < 1.29 is 14.6 Å². The maximum atomic E-state index is 11.6. The molecule has 0 aliphatic carbocycles. The van der Waals surface area contributed by atoms with Crippen molar-refractivity contribution in [3.8, 4) is 23.1 Å². The molecule has 0 unspecified atom stereocenters. The van der Waals surface area contributed by atoms with E-state index in [4.69, 9.17) is 9.47 Å². The van der Waals surface area contributed by atoms with Crippen LogP contribution in [0.4, 0.5) is 0 Å². The van der Waals surface area contributed by atoms with E-state index in [-0.39, 0.29) is 17.4 Å². The van der Waals surface area contributed by atoms with E-state index in [1.165, 1.54) is 13.4 Å². The zero-order valence-corrected chi connectivity index (χ0v) is 11.2. The van der Waals surface area contributed by atoms with E-state index in [1.807, 2.05) is 6.07 Å². The zero-order valence-electron chi connectivity index (χ0n) is 11.2. The van der Waals surface area contributed by atoms with Crippen LogP contribution < -0.4 is 15.0 Å². The molecule has 2 N–H and O–H groups in total. The number of phenolic OH excluding ortho intramolecular Hbond substituents is 1. The Hall–Kier alpha value is -3.02. The van der Waals surface area contributed by atoms with Crippen molar-refractivity contribution in [1.29, 1.82) is 0 Å². The highest BCUT2D eigenvalue weighted by atomic mass is 16.5. The minimum Gasteiger partial charge on any atom is -0.508 e. The third-order valence-corrected chi connectivity index (χ3v) is 2.99. The highest BCUT2D eigenvalue weighted by Crippen LogP contribution is 2.29. The fourth-order valence-corrected chi connectivity index (χ4v) is 2.01. The molecular formula is C15H12N2O4. The van der Waals surface area contributed by atoms with Crippen LogP contribution in [0.25, 0.3) is 10.8 Å². The van der Waals surface area contributed by atoms with Crippen LogP contribution in [0.5, 0.6) is 23.1 Å². The van der Waals surface area contributed by atoms with E-state index >= 15 is 0 Å². The topological polar surface area (TPSA) is 84.4 Å². The maximum Gasteiger partial charge on any atom is 0.297 e. The largest absolute Gasteiger partial charge is 0.508 e. The number of benzene rings is 2. The molecule has 21 heavy (non-hydrogen) atoms. The van der Waals surface area contributed by atoms with Crippen LogP contribution in [0.2, 0.25) is 0 Å². The van der Waals surface area contributed by atoms with Gasteiger partial charge in [-0.25, -0.2) is 4.98 Å². The van der Waals surface area contributed by atoms with Crippen molar-refractivity contribution >= 4 is 10.8 Å². The van der Waals surface area contributed by atoms with Gasteiger partial charge in [-0.1, -0.05) is 12.1 Å². The first-order valence-electron chi connectivity index (χ1n) is 6.19. The zero-order chi connectivity index (χ0) is 14.8. The van der Waals surface area contributed by atoms with Crippen LogP contribution in [0.3, 0.4) is 0 Å². The molecule has 0 atom stereocenters. The van der Waals surface area contributed by atoms with E-state index in [2.05, 4.69) is 9.97 Å². The van der Waals surface area contributed by atoms with Crippen molar-refractivity contribution in [1.82, 2.24) is 9.97 Å². The number of hydrogen-bond acceptors (Lipinski definition) is 5. The van der Waals surface area contributed by atoms with Gasteiger partial charge in [0.1, 0.15) is 11.5 Å². The Labute approximate surface area is 119 Å². The Morgan fingerprint density at radius 1 is 1.14 bits per heavy atom. The second-order valence-electron chi connectivity index (χ2n) is 4.37. The third kappa shape index (κ3) is 2.51. The Kier molecular flexibility index (Phi) is 3.19. The number of nitrogens with zero attached hydrogens (tertiary/aromatic N) is 1. The normalized spacial score (nSPS) is 10.5. The SMILES string of the molecule is COc1c(Oc2ccc3ccc(O)cc3c2)nc[nH]c1=O. The van der Waals surface area contributed by atoms with Gasteiger partial charge < -0.3 is 19.6 Å². The summed E-state index contributed by atoms with van der Waals surface area (Å²) in [6.45, 7) is 0. The minimum absolute atomic E-state index is 0.00788. The van der Waals surface area contributed by atoms with Crippen molar-refractivity contribution in [2.45, 2.75) is 0 Å². The molecule has 0 spiro atoms. The summed E-state index contributed by atoms with van der Waals surface area (Å²) in [6, 6.07) is 10.4. The van der Waals surface area contributed by atoms with Gasteiger partial charge in [-0.15, -0.1) is 0 Å². The van der Waals surface area contributed by atoms with Gasteiger partial charge in [-0.2, -0.15) is 0 Å². The number of aromatic amines is 1. The molecule has 0 aliphatic heterocycles. The van der Waals surface area contributed by atoms with Crippen LogP contribution in [0, 0.1) is 0 Å². The van der Waals surface area contributed by atoms with E-state index < -0.39 is 5.56 Å². The van der Waals surface area contributed by atoms with Crippen LogP contribution in [-0.2, 0) is 0 Å². The lowest BCUT2D eigenvalue weighted by Crippen LogP contribution is -2.10. The van der Waals surface area contributed by atoms with Gasteiger partial charge in [0.25, 0.3) is 11.4 Å². The number of methoxy groups -OCH3 is 1. The molecule has 3 aromatic rings. The molecule has 0 radical (unpaired) electrons. The lowest BCUT2D eigenvalue weighted by molar-refractivity contribution is 0.363. The van der Waals surface area contributed by atoms with Gasteiger partial charge in [-0.05, 0) is 35.0 Å². The second-order valence-corrected chi connectivity index (χ2v) is 4.37. The first-order chi connectivity index (χ1) is 10.2. The number of hydrogen-bond donors (Lipinski definition) is 2. The number of fused-ring (bicyclic) bond motifs is 1.